The summed E-state index contributed by atoms with van der Waals surface area (Å²) in [5, 5.41) is 13.7. The number of aromatic hydroxyl groups is 1. The fraction of sp³-hybridized carbons (Fsp3) is 0.381. The van der Waals surface area contributed by atoms with E-state index in [9.17, 15) is 9.90 Å². The molecule has 25 heavy (non-hydrogen) atoms. The average molecular weight is 336 g/mol. The minimum atomic E-state index is 0.210. The van der Waals surface area contributed by atoms with Gasteiger partial charge in [0.15, 0.2) is 0 Å². The van der Waals surface area contributed by atoms with Crippen LogP contribution in [0.5, 0.6) is 5.75 Å². The molecule has 1 aliphatic heterocycles. The van der Waals surface area contributed by atoms with Crippen LogP contribution in [0.25, 0.3) is 0 Å². The molecule has 4 heteroatoms. The van der Waals surface area contributed by atoms with E-state index in [1.165, 1.54) is 11.1 Å². The van der Waals surface area contributed by atoms with Crippen molar-refractivity contribution >= 4 is 11.6 Å². The van der Waals surface area contributed by atoms with Crippen LogP contribution in [-0.4, -0.2) is 17.6 Å². The highest BCUT2D eigenvalue weighted by molar-refractivity contribution is 5.95. The highest BCUT2D eigenvalue weighted by Crippen LogP contribution is 2.37. The average Bonchev–Trinajstić information content (AvgIpc) is 3.22. The molecule has 4 nitrogen and oxygen atoms in total. The number of fused-ring (bicyclic) bond motifs is 1. The van der Waals surface area contributed by atoms with Crippen molar-refractivity contribution < 1.29 is 9.90 Å². The first kappa shape index (κ1) is 16.2. The van der Waals surface area contributed by atoms with Crippen molar-refractivity contribution in [3.8, 4) is 5.75 Å². The van der Waals surface area contributed by atoms with Crippen LogP contribution >= 0.6 is 0 Å². The molecule has 0 spiro atoms. The van der Waals surface area contributed by atoms with Crippen LogP contribution in [0.4, 0.5) is 5.69 Å². The monoisotopic (exact) mass is 336 g/mol. The molecule has 2 atom stereocenters. The number of rotatable bonds is 4. The van der Waals surface area contributed by atoms with Gasteiger partial charge < -0.3 is 15.3 Å². The van der Waals surface area contributed by atoms with Crippen LogP contribution in [0.15, 0.2) is 42.5 Å². The summed E-state index contributed by atoms with van der Waals surface area (Å²) in [4.78, 5) is 13.7. The maximum absolute atomic E-state index is 11.9. The van der Waals surface area contributed by atoms with Crippen molar-refractivity contribution in [2.75, 3.05) is 11.4 Å². The number of phenols is 1. The molecule has 0 saturated carbocycles. The lowest BCUT2D eigenvalue weighted by Crippen LogP contribution is -2.24. The molecule has 0 aromatic heterocycles. The first-order valence-electron chi connectivity index (χ1n) is 9.10. The van der Waals surface area contributed by atoms with E-state index < -0.39 is 0 Å². The molecule has 1 saturated heterocycles. The number of hydrogen-bond donors (Lipinski definition) is 2. The number of hydrogen-bond acceptors (Lipinski definition) is 3. The van der Waals surface area contributed by atoms with Gasteiger partial charge in [0.05, 0.1) is 0 Å². The van der Waals surface area contributed by atoms with Gasteiger partial charge in [0.1, 0.15) is 5.75 Å². The van der Waals surface area contributed by atoms with Crippen LogP contribution < -0.4 is 10.2 Å². The fourth-order valence-electron chi connectivity index (χ4n) is 4.07. The summed E-state index contributed by atoms with van der Waals surface area (Å²) in [6.45, 7) is 2.99. The number of nitrogens with zero attached hydrogens (tertiary/aromatic N) is 1. The fourth-order valence-corrected chi connectivity index (χ4v) is 4.07. The van der Waals surface area contributed by atoms with Crippen molar-refractivity contribution in [3.05, 3.63) is 59.2 Å². The third-order valence-electron chi connectivity index (χ3n) is 5.48. The number of carbonyl (C=O) groups excluding carboxylic acids is 1. The maximum atomic E-state index is 11.9. The zero-order valence-electron chi connectivity index (χ0n) is 14.5. The van der Waals surface area contributed by atoms with Gasteiger partial charge >= 0.3 is 0 Å². The lowest BCUT2D eigenvalue weighted by Gasteiger charge is -2.22. The highest BCUT2D eigenvalue weighted by Gasteiger charge is 2.26. The summed E-state index contributed by atoms with van der Waals surface area (Å²) in [6, 6.07) is 14.6. The molecule has 0 unspecified atom stereocenters. The van der Waals surface area contributed by atoms with Crippen molar-refractivity contribution in [2.45, 2.75) is 44.7 Å². The van der Waals surface area contributed by atoms with Crippen LogP contribution in [0.1, 0.15) is 55.0 Å². The van der Waals surface area contributed by atoms with E-state index in [-0.39, 0.29) is 18.0 Å². The maximum Gasteiger partial charge on any atom is 0.227 e. The van der Waals surface area contributed by atoms with Gasteiger partial charge in [-0.25, -0.2) is 0 Å². The number of benzene rings is 2. The Kier molecular flexibility index (Phi) is 4.22. The molecule has 0 radical (unpaired) electrons. The Morgan fingerprint density at radius 3 is 2.68 bits per heavy atom. The summed E-state index contributed by atoms with van der Waals surface area (Å²) in [5.74, 6) is 0.635. The Labute approximate surface area is 148 Å². The van der Waals surface area contributed by atoms with E-state index in [4.69, 9.17) is 0 Å². The van der Waals surface area contributed by atoms with Crippen molar-refractivity contribution in [1.29, 1.82) is 0 Å². The third-order valence-corrected chi connectivity index (χ3v) is 5.48. The molecule has 2 N–H and O–H groups in total. The van der Waals surface area contributed by atoms with Gasteiger partial charge in [-0.2, -0.15) is 0 Å². The number of phenolic OH excluding ortho intramolecular Hbond substituents is 1. The molecule has 2 aromatic carbocycles. The summed E-state index contributed by atoms with van der Waals surface area (Å²) in [5.41, 5.74) is 4.50. The van der Waals surface area contributed by atoms with E-state index >= 15 is 0 Å². The molecule has 0 bridgehead atoms. The molecule has 2 aromatic rings. The van der Waals surface area contributed by atoms with Gasteiger partial charge in [0, 0.05) is 30.7 Å². The molecule has 1 aliphatic carbocycles. The third kappa shape index (κ3) is 3.02. The summed E-state index contributed by atoms with van der Waals surface area (Å²) >= 11 is 0. The molecular formula is C21H24N2O2. The first-order valence-corrected chi connectivity index (χ1v) is 9.10. The second kappa shape index (κ2) is 6.52. The molecule has 1 heterocycles. The molecular weight excluding hydrogens is 312 g/mol. The smallest absolute Gasteiger partial charge is 0.227 e. The Morgan fingerprint density at radius 1 is 1.16 bits per heavy atom. The number of anilines is 1. The highest BCUT2D eigenvalue weighted by atomic mass is 16.3. The van der Waals surface area contributed by atoms with Gasteiger partial charge in [0.2, 0.25) is 5.91 Å². The van der Waals surface area contributed by atoms with Crippen molar-refractivity contribution in [1.82, 2.24) is 5.32 Å². The quantitative estimate of drug-likeness (QED) is 0.891. The van der Waals surface area contributed by atoms with E-state index in [0.717, 1.165) is 37.1 Å². The van der Waals surface area contributed by atoms with E-state index in [1.54, 1.807) is 6.07 Å². The zero-order chi connectivity index (χ0) is 17.4. The molecule has 2 aliphatic rings. The van der Waals surface area contributed by atoms with E-state index in [0.29, 0.717) is 12.2 Å². The Hall–Kier alpha value is -2.33. The Bertz CT molecular complexity index is 785. The minimum absolute atomic E-state index is 0.210. The predicted molar refractivity (Wildman–Crippen MR) is 98.7 cm³/mol. The SMILES string of the molecule is C[C@@H](N[C@H]1CCc2c(O)cccc21)c1ccc(N2CCCC2=O)cc1. The molecule has 1 fully saturated rings. The van der Waals surface area contributed by atoms with Gasteiger partial charge in [-0.3, -0.25) is 4.79 Å². The second-order valence-electron chi connectivity index (χ2n) is 7.06. The molecule has 1 amide bonds. The Morgan fingerprint density at radius 2 is 1.96 bits per heavy atom. The second-order valence-corrected chi connectivity index (χ2v) is 7.06. The lowest BCUT2D eigenvalue weighted by molar-refractivity contribution is -0.117. The first-order chi connectivity index (χ1) is 12.1. The normalized spacial score (nSPS) is 20.8. The largest absolute Gasteiger partial charge is 0.508 e. The molecule has 130 valence electrons. The standard InChI is InChI=1S/C21H24N2O2/c1-14(22-19-12-11-18-17(19)4-2-5-20(18)24)15-7-9-16(10-8-15)23-13-3-6-21(23)25/h2,4-5,7-10,14,19,22,24H,3,6,11-13H2,1H3/t14-,19+/m1/s1. The van der Waals surface area contributed by atoms with Gasteiger partial charge in [-0.15, -0.1) is 0 Å². The summed E-state index contributed by atoms with van der Waals surface area (Å²) < 4.78 is 0. The Balaban J connectivity index is 1.46. The van der Waals surface area contributed by atoms with Gasteiger partial charge in [0.25, 0.3) is 0 Å². The van der Waals surface area contributed by atoms with Crippen molar-refractivity contribution in [3.63, 3.8) is 0 Å². The van der Waals surface area contributed by atoms with Crippen LogP contribution in [-0.2, 0) is 11.2 Å². The van der Waals surface area contributed by atoms with Crippen LogP contribution in [0.2, 0.25) is 0 Å². The van der Waals surface area contributed by atoms with Crippen LogP contribution in [0, 0.1) is 0 Å². The van der Waals surface area contributed by atoms with E-state index in [2.05, 4.69) is 30.4 Å². The number of carbonyl (C=O) groups is 1. The van der Waals surface area contributed by atoms with Crippen LogP contribution in [0.3, 0.4) is 0 Å². The summed E-state index contributed by atoms with van der Waals surface area (Å²) in [7, 11) is 0. The number of nitrogens with one attached hydrogen (secondary N) is 1. The zero-order valence-corrected chi connectivity index (χ0v) is 14.5. The molecule has 4 rings (SSSR count). The number of amides is 1. The van der Waals surface area contributed by atoms with Crippen molar-refractivity contribution in [2.24, 2.45) is 0 Å². The predicted octanol–water partition coefficient (Wildman–Crippen LogP) is 3.86. The summed E-state index contributed by atoms with van der Waals surface area (Å²) in [6.07, 6.45) is 3.54. The topological polar surface area (TPSA) is 52.6 Å². The van der Waals surface area contributed by atoms with E-state index in [1.807, 2.05) is 23.1 Å². The lowest BCUT2D eigenvalue weighted by atomic mass is 10.0. The minimum Gasteiger partial charge on any atom is -0.508 e. The van der Waals surface area contributed by atoms with Gasteiger partial charge in [-0.1, -0.05) is 24.3 Å². The van der Waals surface area contributed by atoms with Gasteiger partial charge in [-0.05, 0) is 61.1 Å².